The highest BCUT2D eigenvalue weighted by atomic mass is 16.5. The van der Waals surface area contributed by atoms with Gasteiger partial charge in [0.1, 0.15) is 0 Å². The summed E-state index contributed by atoms with van der Waals surface area (Å²) in [4.78, 5) is 0. The smallest absolute Gasteiger partial charge is 0.0944 e. The van der Waals surface area contributed by atoms with Crippen LogP contribution in [-0.4, -0.2) is 25.9 Å². The van der Waals surface area contributed by atoms with Gasteiger partial charge in [-0.1, -0.05) is 13.8 Å². The molecule has 3 rings (SSSR count). The molecule has 2 nitrogen and oxygen atoms in total. The second-order valence-corrected chi connectivity index (χ2v) is 5.65. The van der Waals surface area contributed by atoms with Crippen LogP contribution in [0.2, 0.25) is 0 Å². The average Bonchev–Trinajstić information content (AvgIpc) is 2.17. The molecular weight excluding hydrogens is 176 g/mol. The lowest BCUT2D eigenvalue weighted by molar-refractivity contribution is -0.262. The first-order valence-electron chi connectivity index (χ1n) is 5.54. The third kappa shape index (κ3) is 1.04. The molecular formula is C12H22O2. The lowest BCUT2D eigenvalue weighted by atomic mass is 9.43. The number of rotatable bonds is 2. The monoisotopic (exact) mass is 198 g/mol. The van der Waals surface area contributed by atoms with E-state index in [1.54, 1.807) is 7.11 Å². The van der Waals surface area contributed by atoms with Gasteiger partial charge >= 0.3 is 0 Å². The molecule has 0 spiro atoms. The molecule has 0 saturated heterocycles. The summed E-state index contributed by atoms with van der Waals surface area (Å²) in [6.45, 7) is 6.95. The number of ether oxygens (including phenoxy) is 2. The zero-order valence-electron chi connectivity index (χ0n) is 9.96. The first-order chi connectivity index (χ1) is 6.46. The third-order valence-electron chi connectivity index (χ3n) is 5.02. The molecule has 1 unspecified atom stereocenters. The molecule has 0 N–H and O–H groups in total. The van der Waals surface area contributed by atoms with Gasteiger partial charge in [0, 0.05) is 14.2 Å². The summed E-state index contributed by atoms with van der Waals surface area (Å²) >= 11 is 0. The van der Waals surface area contributed by atoms with E-state index in [4.69, 9.17) is 9.47 Å². The van der Waals surface area contributed by atoms with Crippen molar-refractivity contribution in [2.45, 2.75) is 45.3 Å². The molecule has 0 amide bonds. The fourth-order valence-electron chi connectivity index (χ4n) is 3.71. The largest absolute Gasteiger partial charge is 0.378 e. The molecule has 3 saturated carbocycles. The van der Waals surface area contributed by atoms with Crippen molar-refractivity contribution in [3.05, 3.63) is 0 Å². The van der Waals surface area contributed by atoms with E-state index in [2.05, 4.69) is 20.8 Å². The Morgan fingerprint density at radius 2 is 1.71 bits per heavy atom. The third-order valence-corrected chi connectivity index (χ3v) is 5.02. The molecule has 3 fully saturated rings. The van der Waals surface area contributed by atoms with Gasteiger partial charge in [-0.15, -0.1) is 0 Å². The molecule has 0 aliphatic heterocycles. The number of hydrogen-bond acceptors (Lipinski definition) is 2. The van der Waals surface area contributed by atoms with Crippen molar-refractivity contribution in [2.24, 2.45) is 17.3 Å². The lowest BCUT2D eigenvalue weighted by Gasteiger charge is -2.65. The van der Waals surface area contributed by atoms with E-state index in [0.29, 0.717) is 11.3 Å². The van der Waals surface area contributed by atoms with Gasteiger partial charge < -0.3 is 9.47 Å². The molecule has 3 aliphatic carbocycles. The highest BCUT2D eigenvalue weighted by Gasteiger charge is 2.63. The van der Waals surface area contributed by atoms with Gasteiger partial charge in [-0.05, 0) is 37.0 Å². The minimum atomic E-state index is -0.0764. The molecule has 14 heavy (non-hydrogen) atoms. The number of hydrogen-bond donors (Lipinski definition) is 0. The number of fused-ring (bicyclic) bond motifs is 2. The van der Waals surface area contributed by atoms with E-state index >= 15 is 0 Å². The van der Waals surface area contributed by atoms with E-state index in [0.717, 1.165) is 12.3 Å². The molecule has 0 radical (unpaired) electrons. The topological polar surface area (TPSA) is 18.5 Å². The van der Waals surface area contributed by atoms with E-state index in [9.17, 15) is 0 Å². The molecule has 0 heterocycles. The van der Waals surface area contributed by atoms with Crippen molar-refractivity contribution in [3.8, 4) is 0 Å². The van der Waals surface area contributed by atoms with E-state index in [1.807, 2.05) is 7.11 Å². The standard InChI is InChI=1S/C12H22O2/c1-11(2)8-6-9(11)12(3,14-5)10(7-8)13-4/h8-10H,6-7H2,1-5H3/t8-,9-,10?,12-/m0/s1. The van der Waals surface area contributed by atoms with Gasteiger partial charge in [0.25, 0.3) is 0 Å². The molecule has 0 aromatic carbocycles. The van der Waals surface area contributed by atoms with Crippen molar-refractivity contribution in [1.82, 2.24) is 0 Å². The zero-order valence-corrected chi connectivity index (χ0v) is 9.96. The second-order valence-electron chi connectivity index (χ2n) is 5.65. The van der Waals surface area contributed by atoms with Crippen LogP contribution in [0.1, 0.15) is 33.6 Å². The highest BCUT2D eigenvalue weighted by Crippen LogP contribution is 2.63. The van der Waals surface area contributed by atoms with Gasteiger partial charge in [0.05, 0.1) is 11.7 Å². The molecule has 2 heteroatoms. The van der Waals surface area contributed by atoms with Crippen molar-refractivity contribution in [3.63, 3.8) is 0 Å². The zero-order chi connectivity index (χ0) is 10.6. The molecule has 82 valence electrons. The van der Waals surface area contributed by atoms with Crippen LogP contribution < -0.4 is 0 Å². The average molecular weight is 198 g/mol. The van der Waals surface area contributed by atoms with E-state index in [1.165, 1.54) is 6.42 Å². The van der Waals surface area contributed by atoms with Crippen LogP contribution in [0.5, 0.6) is 0 Å². The van der Waals surface area contributed by atoms with Crippen LogP contribution in [0.4, 0.5) is 0 Å². The van der Waals surface area contributed by atoms with Crippen molar-refractivity contribution in [1.29, 1.82) is 0 Å². The normalized spacial score (nSPS) is 49.9. The van der Waals surface area contributed by atoms with Crippen LogP contribution in [0.3, 0.4) is 0 Å². The Morgan fingerprint density at radius 1 is 1.07 bits per heavy atom. The van der Waals surface area contributed by atoms with Gasteiger partial charge in [-0.3, -0.25) is 0 Å². The van der Waals surface area contributed by atoms with Crippen LogP contribution in [0.15, 0.2) is 0 Å². The number of methoxy groups -OCH3 is 2. The summed E-state index contributed by atoms with van der Waals surface area (Å²) in [5.74, 6) is 1.49. The molecule has 2 bridgehead atoms. The molecule has 0 aromatic heterocycles. The fraction of sp³-hybridized carbons (Fsp3) is 1.00. The maximum absolute atomic E-state index is 5.74. The van der Waals surface area contributed by atoms with Crippen LogP contribution in [0, 0.1) is 17.3 Å². The van der Waals surface area contributed by atoms with Crippen LogP contribution in [0.25, 0.3) is 0 Å². The van der Waals surface area contributed by atoms with E-state index in [-0.39, 0.29) is 11.7 Å². The summed E-state index contributed by atoms with van der Waals surface area (Å²) < 4.78 is 11.3. The second kappa shape index (κ2) is 2.96. The summed E-state index contributed by atoms with van der Waals surface area (Å²) in [6, 6.07) is 0. The van der Waals surface area contributed by atoms with Crippen LogP contribution in [-0.2, 0) is 9.47 Å². The summed E-state index contributed by atoms with van der Waals surface area (Å²) in [5.41, 5.74) is 0.368. The lowest BCUT2D eigenvalue weighted by Crippen LogP contribution is -2.67. The van der Waals surface area contributed by atoms with Crippen molar-refractivity contribution >= 4 is 0 Å². The van der Waals surface area contributed by atoms with Crippen molar-refractivity contribution in [2.75, 3.05) is 14.2 Å². The Hall–Kier alpha value is -0.0800. The SMILES string of the molecule is COC1C[C@@H]2C[C@@H](C2(C)C)[C@]1(C)OC. The predicted molar refractivity (Wildman–Crippen MR) is 56.2 cm³/mol. The van der Waals surface area contributed by atoms with Gasteiger partial charge in [-0.2, -0.15) is 0 Å². The van der Waals surface area contributed by atoms with Gasteiger partial charge in [0.15, 0.2) is 0 Å². The first kappa shape index (κ1) is 10.4. The summed E-state index contributed by atoms with van der Waals surface area (Å²) in [7, 11) is 3.63. The minimum absolute atomic E-state index is 0.0764. The fourth-order valence-corrected chi connectivity index (χ4v) is 3.71. The Labute approximate surface area is 87.0 Å². The highest BCUT2D eigenvalue weighted by molar-refractivity contribution is 5.13. The van der Waals surface area contributed by atoms with Gasteiger partial charge in [-0.25, -0.2) is 0 Å². The van der Waals surface area contributed by atoms with Gasteiger partial charge in [0.2, 0.25) is 0 Å². The Kier molecular flexibility index (Phi) is 2.20. The minimum Gasteiger partial charge on any atom is -0.378 e. The Balaban J connectivity index is 2.26. The quantitative estimate of drug-likeness (QED) is 0.678. The molecule has 0 aromatic rings. The summed E-state index contributed by atoms with van der Waals surface area (Å²) in [5, 5.41) is 0. The van der Waals surface area contributed by atoms with Crippen LogP contribution >= 0.6 is 0 Å². The maximum atomic E-state index is 5.74. The summed E-state index contributed by atoms with van der Waals surface area (Å²) in [6.07, 6.45) is 2.76. The molecule has 4 atom stereocenters. The first-order valence-corrected chi connectivity index (χ1v) is 5.54. The van der Waals surface area contributed by atoms with Crippen molar-refractivity contribution < 1.29 is 9.47 Å². The predicted octanol–water partition coefficient (Wildman–Crippen LogP) is 2.47. The van der Waals surface area contributed by atoms with E-state index < -0.39 is 0 Å². The Bertz CT molecular complexity index is 236. The Morgan fingerprint density at radius 3 is 2.14 bits per heavy atom. The maximum Gasteiger partial charge on any atom is 0.0944 e. The molecule has 3 aliphatic rings.